The predicted octanol–water partition coefficient (Wildman–Crippen LogP) is 2.16. The van der Waals surface area contributed by atoms with E-state index in [0.717, 1.165) is 8.47 Å². The molecule has 0 spiro atoms. The molecule has 94 valence electrons. The Morgan fingerprint density at radius 1 is 1.33 bits per heavy atom. The van der Waals surface area contributed by atoms with Crippen molar-refractivity contribution in [2.24, 2.45) is 5.92 Å². The minimum Gasteiger partial charge on any atom is -0.277 e. The molecule has 0 saturated carbocycles. The summed E-state index contributed by atoms with van der Waals surface area (Å²) in [7, 11) is 0. The van der Waals surface area contributed by atoms with E-state index in [2.05, 4.69) is 5.32 Å². The molecule has 1 aliphatic rings. The molecule has 1 aliphatic heterocycles. The molecule has 1 saturated heterocycles. The van der Waals surface area contributed by atoms with Crippen LogP contribution in [0.1, 0.15) is 6.92 Å². The minimum absolute atomic E-state index is 0.278. The predicted molar refractivity (Wildman–Crippen MR) is 74.4 cm³/mol. The normalized spacial score (nSPS) is 20.1. The maximum atomic E-state index is 12.0. The summed E-state index contributed by atoms with van der Waals surface area (Å²) in [5, 5.41) is 2.40. The second-order valence-corrected chi connectivity index (χ2v) is 5.44. The standard InChI is InChI=1S/C11H8ClIN2O3/c1-5-9(16)14-11(18)15(10(5)17)8-4-6(13)2-3-7(8)12/h2-5H,1H3,(H,14,16,18). The highest BCUT2D eigenvalue weighted by atomic mass is 127. The van der Waals surface area contributed by atoms with Crippen molar-refractivity contribution in [3.05, 3.63) is 26.8 Å². The Morgan fingerprint density at radius 2 is 2.00 bits per heavy atom. The third-order valence-electron chi connectivity index (χ3n) is 2.57. The molecule has 0 bridgehead atoms. The Hall–Kier alpha value is -1.15. The summed E-state index contributed by atoms with van der Waals surface area (Å²) in [6.45, 7) is 1.44. The summed E-state index contributed by atoms with van der Waals surface area (Å²) in [6.07, 6.45) is 0. The second-order valence-electron chi connectivity index (χ2n) is 3.79. The molecule has 1 atom stereocenters. The van der Waals surface area contributed by atoms with Crippen LogP contribution in [0.4, 0.5) is 10.5 Å². The number of nitrogens with one attached hydrogen (secondary N) is 1. The van der Waals surface area contributed by atoms with Crippen molar-refractivity contribution < 1.29 is 14.4 Å². The molecule has 2 rings (SSSR count). The fraction of sp³-hybridized carbons (Fsp3) is 0.182. The van der Waals surface area contributed by atoms with Gasteiger partial charge in [0.25, 0.3) is 0 Å². The Balaban J connectivity index is 2.49. The van der Waals surface area contributed by atoms with Crippen LogP contribution in [0.5, 0.6) is 0 Å². The van der Waals surface area contributed by atoms with Gasteiger partial charge >= 0.3 is 6.03 Å². The summed E-state index contributed by atoms with van der Waals surface area (Å²) in [5.74, 6) is -2.08. The number of benzene rings is 1. The molecular formula is C11H8ClIN2O3. The number of carbonyl (C=O) groups excluding carboxylic acids is 3. The zero-order chi connectivity index (χ0) is 13.4. The zero-order valence-electron chi connectivity index (χ0n) is 9.24. The van der Waals surface area contributed by atoms with Gasteiger partial charge in [-0.3, -0.25) is 14.9 Å². The third-order valence-corrected chi connectivity index (χ3v) is 3.56. The molecule has 18 heavy (non-hydrogen) atoms. The fourth-order valence-electron chi connectivity index (χ4n) is 1.56. The molecule has 0 radical (unpaired) electrons. The second kappa shape index (κ2) is 4.85. The highest BCUT2D eigenvalue weighted by Crippen LogP contribution is 2.30. The molecule has 0 aliphatic carbocycles. The van der Waals surface area contributed by atoms with Gasteiger partial charge in [-0.05, 0) is 47.7 Å². The van der Waals surface area contributed by atoms with E-state index < -0.39 is 23.8 Å². The van der Waals surface area contributed by atoms with Gasteiger partial charge < -0.3 is 0 Å². The minimum atomic E-state index is -0.906. The average molecular weight is 379 g/mol. The SMILES string of the molecule is CC1C(=O)NC(=O)N(c2cc(I)ccc2Cl)C1=O. The Morgan fingerprint density at radius 3 is 2.67 bits per heavy atom. The lowest BCUT2D eigenvalue weighted by Gasteiger charge is -2.29. The number of hydrogen-bond donors (Lipinski definition) is 1. The first-order valence-electron chi connectivity index (χ1n) is 5.05. The molecule has 5 nitrogen and oxygen atoms in total. The maximum absolute atomic E-state index is 12.0. The summed E-state index contributed by atoms with van der Waals surface area (Å²) >= 11 is 8.03. The van der Waals surface area contributed by atoms with Crippen LogP contribution in [0.15, 0.2) is 18.2 Å². The van der Waals surface area contributed by atoms with Gasteiger partial charge in [0.1, 0.15) is 5.92 Å². The first-order chi connectivity index (χ1) is 8.41. The summed E-state index contributed by atoms with van der Waals surface area (Å²) in [6, 6.07) is 4.20. The van der Waals surface area contributed by atoms with Gasteiger partial charge in [-0.25, -0.2) is 9.69 Å². The van der Waals surface area contributed by atoms with Crippen molar-refractivity contribution in [1.29, 1.82) is 0 Å². The van der Waals surface area contributed by atoms with Gasteiger partial charge in [0.2, 0.25) is 11.8 Å². The lowest BCUT2D eigenvalue weighted by atomic mass is 10.1. The number of halogens is 2. The van der Waals surface area contributed by atoms with Gasteiger partial charge in [-0.1, -0.05) is 11.6 Å². The van der Waals surface area contributed by atoms with E-state index in [1.54, 1.807) is 18.2 Å². The molecule has 1 heterocycles. The fourth-order valence-corrected chi connectivity index (χ4v) is 2.24. The summed E-state index contributed by atoms with van der Waals surface area (Å²) < 4.78 is 0.831. The number of imide groups is 2. The number of hydrogen-bond acceptors (Lipinski definition) is 3. The smallest absolute Gasteiger partial charge is 0.277 e. The number of urea groups is 1. The number of anilines is 1. The number of barbiturate groups is 1. The highest BCUT2D eigenvalue weighted by molar-refractivity contribution is 14.1. The average Bonchev–Trinajstić information content (AvgIpc) is 2.31. The lowest BCUT2D eigenvalue weighted by molar-refractivity contribution is -0.133. The van der Waals surface area contributed by atoms with Gasteiger partial charge in [0.05, 0.1) is 10.7 Å². The van der Waals surface area contributed by atoms with E-state index >= 15 is 0 Å². The number of amides is 4. The number of nitrogens with zero attached hydrogens (tertiary/aromatic N) is 1. The van der Waals surface area contributed by atoms with E-state index in [4.69, 9.17) is 11.6 Å². The van der Waals surface area contributed by atoms with Crippen LogP contribution in [0.2, 0.25) is 5.02 Å². The van der Waals surface area contributed by atoms with Crippen LogP contribution < -0.4 is 10.2 Å². The van der Waals surface area contributed by atoms with E-state index in [-0.39, 0.29) is 10.7 Å². The number of rotatable bonds is 1. The van der Waals surface area contributed by atoms with Crippen molar-refractivity contribution in [3.8, 4) is 0 Å². The van der Waals surface area contributed by atoms with Crippen molar-refractivity contribution in [2.45, 2.75) is 6.92 Å². The Kier molecular flexibility index (Phi) is 3.58. The third kappa shape index (κ3) is 2.22. The Labute approximate surface area is 122 Å². The van der Waals surface area contributed by atoms with Crippen molar-refractivity contribution >= 4 is 57.7 Å². The van der Waals surface area contributed by atoms with Crippen molar-refractivity contribution in [2.75, 3.05) is 4.90 Å². The largest absolute Gasteiger partial charge is 0.335 e. The first kappa shape index (κ1) is 13.3. The topological polar surface area (TPSA) is 66.5 Å². The maximum Gasteiger partial charge on any atom is 0.335 e. The van der Waals surface area contributed by atoms with Crippen LogP contribution in [0.25, 0.3) is 0 Å². The molecule has 7 heteroatoms. The van der Waals surface area contributed by atoms with Crippen LogP contribution in [-0.2, 0) is 9.59 Å². The van der Waals surface area contributed by atoms with Crippen molar-refractivity contribution in [3.63, 3.8) is 0 Å². The van der Waals surface area contributed by atoms with E-state index in [0.29, 0.717) is 0 Å². The van der Waals surface area contributed by atoms with Crippen molar-refractivity contribution in [1.82, 2.24) is 5.32 Å². The summed E-state index contributed by atoms with van der Waals surface area (Å²) in [5.41, 5.74) is 0.283. The van der Waals surface area contributed by atoms with Gasteiger partial charge in [-0.2, -0.15) is 0 Å². The van der Waals surface area contributed by atoms with Gasteiger partial charge in [0, 0.05) is 3.57 Å². The summed E-state index contributed by atoms with van der Waals surface area (Å²) in [4.78, 5) is 36.0. The monoisotopic (exact) mass is 378 g/mol. The molecular weight excluding hydrogens is 370 g/mol. The number of carbonyl (C=O) groups is 3. The molecule has 0 aromatic heterocycles. The zero-order valence-corrected chi connectivity index (χ0v) is 12.2. The molecule has 1 unspecified atom stereocenters. The quantitative estimate of drug-likeness (QED) is 0.602. The molecule has 1 N–H and O–H groups in total. The van der Waals surface area contributed by atoms with Crippen LogP contribution >= 0.6 is 34.2 Å². The molecule has 1 aromatic rings. The van der Waals surface area contributed by atoms with Gasteiger partial charge in [-0.15, -0.1) is 0 Å². The van der Waals surface area contributed by atoms with Gasteiger partial charge in [0.15, 0.2) is 0 Å². The van der Waals surface area contributed by atoms with Crippen LogP contribution in [0.3, 0.4) is 0 Å². The lowest BCUT2D eigenvalue weighted by Crippen LogP contribution is -2.57. The van der Waals surface area contributed by atoms with E-state index in [9.17, 15) is 14.4 Å². The molecule has 1 aromatic carbocycles. The molecule has 4 amide bonds. The van der Waals surface area contributed by atoms with Crippen LogP contribution in [-0.4, -0.2) is 17.8 Å². The van der Waals surface area contributed by atoms with Crippen LogP contribution in [0, 0.1) is 9.49 Å². The van der Waals surface area contributed by atoms with E-state index in [1.807, 2.05) is 22.6 Å². The first-order valence-corrected chi connectivity index (χ1v) is 6.51. The Bertz CT molecular complexity index is 561. The molecule has 1 fully saturated rings. The van der Waals surface area contributed by atoms with E-state index in [1.165, 1.54) is 6.92 Å². The highest BCUT2D eigenvalue weighted by Gasteiger charge is 2.39.